The van der Waals surface area contributed by atoms with Crippen LogP contribution in [0.2, 0.25) is 0 Å². The Kier molecular flexibility index (Phi) is 3.79. The number of aromatic nitrogens is 1. The summed E-state index contributed by atoms with van der Waals surface area (Å²) in [6.07, 6.45) is 0.892. The van der Waals surface area contributed by atoms with Gasteiger partial charge in [0.15, 0.2) is 5.13 Å². The molecule has 0 spiro atoms. The molecule has 1 heterocycles. The second-order valence-electron chi connectivity index (χ2n) is 2.86. The minimum atomic E-state index is -0.999. The molecule has 1 aromatic heterocycles. The number of aryl methyl sites for hydroxylation is 1. The molecule has 0 radical (unpaired) electrons. The Labute approximate surface area is 91.1 Å². The van der Waals surface area contributed by atoms with E-state index in [4.69, 9.17) is 5.11 Å². The van der Waals surface area contributed by atoms with Crippen molar-refractivity contribution in [3.63, 3.8) is 0 Å². The van der Waals surface area contributed by atoms with Crippen LogP contribution in [0.5, 0.6) is 0 Å². The highest BCUT2D eigenvalue weighted by Crippen LogP contribution is 2.23. The highest BCUT2D eigenvalue weighted by molar-refractivity contribution is 7.17. The molecule has 0 bridgehead atoms. The number of nitrogens with one attached hydrogen (secondary N) is 1. The molecule has 0 aliphatic rings. The van der Waals surface area contributed by atoms with Gasteiger partial charge in [0.2, 0.25) is 5.91 Å². The van der Waals surface area contributed by atoms with Gasteiger partial charge in [0.1, 0.15) is 4.88 Å². The first-order valence-electron chi connectivity index (χ1n) is 4.61. The first kappa shape index (κ1) is 11.6. The number of carboxylic acids is 1. The third kappa shape index (κ3) is 2.76. The zero-order valence-corrected chi connectivity index (χ0v) is 9.35. The van der Waals surface area contributed by atoms with Crippen molar-refractivity contribution < 1.29 is 14.7 Å². The molecule has 0 saturated heterocycles. The Morgan fingerprint density at radius 1 is 1.47 bits per heavy atom. The molecule has 1 aromatic rings. The van der Waals surface area contributed by atoms with Crippen molar-refractivity contribution in [2.24, 2.45) is 0 Å². The zero-order chi connectivity index (χ0) is 11.4. The van der Waals surface area contributed by atoms with Gasteiger partial charge in [-0.2, -0.15) is 0 Å². The zero-order valence-electron chi connectivity index (χ0n) is 8.53. The number of carbonyl (C=O) groups excluding carboxylic acids is 1. The van der Waals surface area contributed by atoms with Crippen LogP contribution in [-0.2, 0) is 11.2 Å². The van der Waals surface area contributed by atoms with E-state index in [0.717, 1.165) is 11.3 Å². The smallest absolute Gasteiger partial charge is 0.347 e. The fourth-order valence-electron chi connectivity index (χ4n) is 1.02. The third-order valence-corrected chi connectivity index (χ3v) is 2.80. The highest BCUT2D eigenvalue weighted by atomic mass is 32.1. The second kappa shape index (κ2) is 4.88. The molecule has 0 saturated carbocycles. The second-order valence-corrected chi connectivity index (χ2v) is 3.85. The summed E-state index contributed by atoms with van der Waals surface area (Å²) >= 11 is 0.993. The van der Waals surface area contributed by atoms with E-state index in [-0.39, 0.29) is 10.8 Å². The van der Waals surface area contributed by atoms with Crippen LogP contribution in [-0.4, -0.2) is 22.0 Å². The van der Waals surface area contributed by atoms with Gasteiger partial charge in [0, 0.05) is 6.42 Å². The maximum absolute atomic E-state index is 11.1. The summed E-state index contributed by atoms with van der Waals surface area (Å²) in [5.41, 5.74) is 0.513. The van der Waals surface area contributed by atoms with Crippen molar-refractivity contribution in [1.29, 1.82) is 0 Å². The number of amides is 1. The van der Waals surface area contributed by atoms with E-state index >= 15 is 0 Å². The SMILES string of the molecule is CCC(=O)Nc1nc(CC)c(C(=O)O)s1. The maximum atomic E-state index is 11.1. The Hall–Kier alpha value is -1.43. The van der Waals surface area contributed by atoms with Crippen LogP contribution in [0.4, 0.5) is 5.13 Å². The first-order valence-corrected chi connectivity index (χ1v) is 5.43. The maximum Gasteiger partial charge on any atom is 0.347 e. The van der Waals surface area contributed by atoms with Crippen molar-refractivity contribution >= 4 is 28.3 Å². The molecule has 1 rings (SSSR count). The number of hydrogen-bond donors (Lipinski definition) is 2. The van der Waals surface area contributed by atoms with Crippen LogP contribution in [0.1, 0.15) is 35.6 Å². The Bertz CT molecular complexity index is 387. The Morgan fingerprint density at radius 3 is 2.53 bits per heavy atom. The molecule has 0 unspecified atom stereocenters. The minimum Gasteiger partial charge on any atom is -0.477 e. The number of hydrogen-bond acceptors (Lipinski definition) is 4. The average molecular weight is 228 g/mol. The van der Waals surface area contributed by atoms with Crippen molar-refractivity contribution in [2.45, 2.75) is 26.7 Å². The molecular weight excluding hydrogens is 216 g/mol. The van der Waals surface area contributed by atoms with Gasteiger partial charge in [-0.1, -0.05) is 25.2 Å². The van der Waals surface area contributed by atoms with Gasteiger partial charge in [0.05, 0.1) is 5.69 Å². The molecule has 82 valence electrons. The molecule has 5 nitrogen and oxygen atoms in total. The normalized spacial score (nSPS) is 10.0. The van der Waals surface area contributed by atoms with Gasteiger partial charge in [-0.25, -0.2) is 9.78 Å². The topological polar surface area (TPSA) is 79.3 Å². The number of carbonyl (C=O) groups is 2. The van der Waals surface area contributed by atoms with E-state index < -0.39 is 5.97 Å². The summed E-state index contributed by atoms with van der Waals surface area (Å²) < 4.78 is 0. The van der Waals surface area contributed by atoms with E-state index in [9.17, 15) is 9.59 Å². The lowest BCUT2D eigenvalue weighted by Crippen LogP contribution is -2.08. The van der Waals surface area contributed by atoms with Gasteiger partial charge in [0.25, 0.3) is 0 Å². The van der Waals surface area contributed by atoms with Crippen molar-refractivity contribution in [3.05, 3.63) is 10.6 Å². The highest BCUT2D eigenvalue weighted by Gasteiger charge is 2.16. The lowest BCUT2D eigenvalue weighted by molar-refractivity contribution is -0.115. The number of carboxylic acid groups (broad SMARTS) is 1. The molecule has 0 atom stereocenters. The van der Waals surface area contributed by atoms with E-state index in [1.54, 1.807) is 6.92 Å². The van der Waals surface area contributed by atoms with Gasteiger partial charge >= 0.3 is 5.97 Å². The summed E-state index contributed by atoms with van der Waals surface area (Å²) in [7, 11) is 0. The standard InChI is InChI=1S/C9H12N2O3S/c1-3-5-7(8(13)14)15-9(10-5)11-6(12)4-2/h3-4H2,1-2H3,(H,13,14)(H,10,11,12). The van der Waals surface area contributed by atoms with E-state index in [0.29, 0.717) is 23.7 Å². The van der Waals surface area contributed by atoms with Gasteiger partial charge in [-0.05, 0) is 6.42 Å². The van der Waals surface area contributed by atoms with Crippen molar-refractivity contribution in [3.8, 4) is 0 Å². The van der Waals surface area contributed by atoms with Crippen LogP contribution in [0.15, 0.2) is 0 Å². The van der Waals surface area contributed by atoms with E-state index in [1.807, 2.05) is 6.92 Å². The van der Waals surface area contributed by atoms with Crippen LogP contribution < -0.4 is 5.32 Å². The molecular formula is C9H12N2O3S. The number of aromatic carboxylic acids is 1. The minimum absolute atomic E-state index is 0.164. The van der Waals surface area contributed by atoms with E-state index in [2.05, 4.69) is 10.3 Å². The van der Waals surface area contributed by atoms with Crippen molar-refractivity contribution in [1.82, 2.24) is 4.98 Å². The fourth-order valence-corrected chi connectivity index (χ4v) is 1.93. The van der Waals surface area contributed by atoms with Crippen molar-refractivity contribution in [2.75, 3.05) is 5.32 Å². The molecule has 15 heavy (non-hydrogen) atoms. The molecule has 0 fully saturated rings. The molecule has 2 N–H and O–H groups in total. The predicted molar refractivity (Wildman–Crippen MR) is 57.4 cm³/mol. The summed E-state index contributed by atoms with van der Waals surface area (Å²) in [6, 6.07) is 0. The third-order valence-electron chi connectivity index (χ3n) is 1.79. The van der Waals surface area contributed by atoms with Gasteiger partial charge < -0.3 is 10.4 Å². The molecule has 6 heteroatoms. The summed E-state index contributed by atoms with van der Waals surface area (Å²) in [6.45, 7) is 3.55. The molecule has 0 aliphatic carbocycles. The lowest BCUT2D eigenvalue weighted by Gasteiger charge is -1.95. The van der Waals surface area contributed by atoms with Gasteiger partial charge in [-0.3, -0.25) is 4.79 Å². The monoisotopic (exact) mass is 228 g/mol. The summed E-state index contributed by atoms with van der Waals surface area (Å²) in [5.74, 6) is -1.16. The number of rotatable bonds is 4. The fraction of sp³-hybridized carbons (Fsp3) is 0.444. The number of anilines is 1. The molecule has 0 aromatic carbocycles. The van der Waals surface area contributed by atoms with E-state index in [1.165, 1.54) is 0 Å². The summed E-state index contributed by atoms with van der Waals surface area (Å²) in [4.78, 5) is 26.1. The van der Waals surface area contributed by atoms with Crippen LogP contribution >= 0.6 is 11.3 Å². The Balaban J connectivity index is 2.92. The molecule has 0 aliphatic heterocycles. The quantitative estimate of drug-likeness (QED) is 0.822. The first-order chi connectivity index (χ1) is 7.08. The Morgan fingerprint density at radius 2 is 2.13 bits per heavy atom. The van der Waals surface area contributed by atoms with Crippen LogP contribution in [0.3, 0.4) is 0 Å². The largest absolute Gasteiger partial charge is 0.477 e. The average Bonchev–Trinajstić information content (AvgIpc) is 2.60. The molecule has 1 amide bonds. The number of thiazole rings is 1. The van der Waals surface area contributed by atoms with Crippen LogP contribution in [0.25, 0.3) is 0 Å². The van der Waals surface area contributed by atoms with Crippen LogP contribution in [0, 0.1) is 0 Å². The predicted octanol–water partition coefficient (Wildman–Crippen LogP) is 1.75. The summed E-state index contributed by atoms with van der Waals surface area (Å²) in [5, 5.41) is 11.8. The number of nitrogens with zero attached hydrogens (tertiary/aromatic N) is 1. The lowest BCUT2D eigenvalue weighted by atomic mass is 10.3. The van der Waals surface area contributed by atoms with Gasteiger partial charge in [-0.15, -0.1) is 0 Å².